The Bertz CT molecular complexity index is 581. The molecule has 106 valence electrons. The van der Waals surface area contributed by atoms with Crippen molar-refractivity contribution in [1.29, 1.82) is 0 Å². The lowest BCUT2D eigenvalue weighted by atomic mass is 10.1. The summed E-state index contributed by atoms with van der Waals surface area (Å²) >= 11 is 0. The molecule has 1 aliphatic rings. The predicted molar refractivity (Wildman–Crippen MR) is 70.9 cm³/mol. The molecule has 20 heavy (non-hydrogen) atoms. The molecule has 6 nitrogen and oxygen atoms in total. The lowest BCUT2D eigenvalue weighted by Gasteiger charge is -2.20. The first-order valence-corrected chi connectivity index (χ1v) is 6.33. The van der Waals surface area contributed by atoms with Crippen molar-refractivity contribution < 1.29 is 24.6 Å². The maximum Gasteiger partial charge on any atom is 0.335 e. The van der Waals surface area contributed by atoms with Gasteiger partial charge in [0.05, 0.1) is 11.5 Å². The maximum atomic E-state index is 12.0. The van der Waals surface area contributed by atoms with E-state index < -0.39 is 17.9 Å². The molecule has 2 rings (SSSR count). The number of carbonyl (C=O) groups excluding carboxylic acids is 1. The summed E-state index contributed by atoms with van der Waals surface area (Å²) in [6.45, 7) is 1.98. The van der Waals surface area contributed by atoms with E-state index in [4.69, 9.17) is 10.2 Å². The van der Waals surface area contributed by atoms with Crippen LogP contribution in [0.25, 0.3) is 0 Å². The van der Waals surface area contributed by atoms with Gasteiger partial charge in [-0.25, -0.2) is 4.79 Å². The smallest absolute Gasteiger partial charge is 0.335 e. The normalized spacial score (nSPS) is 18.4. The van der Waals surface area contributed by atoms with Crippen molar-refractivity contribution >= 4 is 23.5 Å². The van der Waals surface area contributed by atoms with E-state index in [1.807, 2.05) is 6.92 Å². The van der Waals surface area contributed by atoms with Crippen LogP contribution >= 0.6 is 0 Å². The second-order valence-electron chi connectivity index (χ2n) is 4.75. The Balaban J connectivity index is 2.40. The molecule has 1 aliphatic heterocycles. The van der Waals surface area contributed by atoms with Crippen LogP contribution in [0.3, 0.4) is 0 Å². The van der Waals surface area contributed by atoms with E-state index in [1.165, 1.54) is 17.0 Å². The first kappa shape index (κ1) is 14.0. The quantitative estimate of drug-likeness (QED) is 0.867. The van der Waals surface area contributed by atoms with Crippen molar-refractivity contribution in [1.82, 2.24) is 0 Å². The van der Waals surface area contributed by atoms with Gasteiger partial charge < -0.3 is 15.1 Å². The molecule has 1 unspecified atom stereocenters. The number of amides is 1. The van der Waals surface area contributed by atoms with Crippen molar-refractivity contribution in [3.63, 3.8) is 0 Å². The number of carboxylic acid groups (broad SMARTS) is 2. The van der Waals surface area contributed by atoms with Gasteiger partial charge in [0.15, 0.2) is 0 Å². The number of anilines is 1. The van der Waals surface area contributed by atoms with Crippen LogP contribution < -0.4 is 4.90 Å². The lowest BCUT2D eigenvalue weighted by molar-refractivity contribution is -0.141. The molecule has 1 heterocycles. The van der Waals surface area contributed by atoms with Gasteiger partial charge >= 0.3 is 11.9 Å². The van der Waals surface area contributed by atoms with Crippen molar-refractivity contribution in [2.24, 2.45) is 5.92 Å². The van der Waals surface area contributed by atoms with Gasteiger partial charge in [-0.15, -0.1) is 0 Å². The molecule has 1 aromatic rings. The zero-order valence-electron chi connectivity index (χ0n) is 11.0. The molecule has 1 saturated heterocycles. The molecular formula is C14H15NO5. The fourth-order valence-corrected chi connectivity index (χ4v) is 2.35. The molecule has 1 atom stereocenters. The topological polar surface area (TPSA) is 94.9 Å². The van der Waals surface area contributed by atoms with E-state index in [9.17, 15) is 14.4 Å². The average Bonchev–Trinajstić information content (AvgIpc) is 2.80. The molecule has 0 radical (unpaired) electrons. The van der Waals surface area contributed by atoms with Gasteiger partial charge in [-0.05, 0) is 24.1 Å². The minimum atomic E-state index is -1.07. The first-order chi connectivity index (χ1) is 9.43. The SMILES string of the molecule is CCc1ccc(C(=O)O)cc1N1CC(C(=O)O)CC1=O. The summed E-state index contributed by atoms with van der Waals surface area (Å²) < 4.78 is 0. The number of hydrogen-bond acceptors (Lipinski definition) is 3. The molecule has 0 spiro atoms. The number of aliphatic carboxylic acids is 1. The van der Waals surface area contributed by atoms with E-state index in [0.717, 1.165) is 5.56 Å². The van der Waals surface area contributed by atoms with Crippen molar-refractivity contribution in [2.45, 2.75) is 19.8 Å². The Kier molecular flexibility index (Phi) is 3.74. The Labute approximate surface area is 115 Å². The largest absolute Gasteiger partial charge is 0.481 e. The minimum absolute atomic E-state index is 0.0458. The maximum absolute atomic E-state index is 12.0. The Morgan fingerprint density at radius 3 is 2.55 bits per heavy atom. The number of carbonyl (C=O) groups is 3. The van der Waals surface area contributed by atoms with Gasteiger partial charge in [-0.3, -0.25) is 9.59 Å². The molecular weight excluding hydrogens is 262 g/mol. The fourth-order valence-electron chi connectivity index (χ4n) is 2.35. The Hall–Kier alpha value is -2.37. The number of nitrogens with zero attached hydrogens (tertiary/aromatic N) is 1. The number of carboxylic acids is 2. The third kappa shape index (κ3) is 2.49. The highest BCUT2D eigenvalue weighted by Gasteiger charge is 2.35. The highest BCUT2D eigenvalue weighted by molar-refractivity contribution is 6.01. The molecule has 1 amide bonds. The van der Waals surface area contributed by atoms with Crippen molar-refractivity contribution in [3.05, 3.63) is 29.3 Å². The average molecular weight is 277 g/mol. The van der Waals surface area contributed by atoms with Crippen molar-refractivity contribution in [2.75, 3.05) is 11.4 Å². The highest BCUT2D eigenvalue weighted by Crippen LogP contribution is 2.29. The summed E-state index contributed by atoms with van der Waals surface area (Å²) in [7, 11) is 0. The van der Waals surface area contributed by atoms with E-state index >= 15 is 0 Å². The highest BCUT2D eigenvalue weighted by atomic mass is 16.4. The summed E-state index contributed by atoms with van der Waals surface area (Å²) in [5.74, 6) is -3.10. The summed E-state index contributed by atoms with van der Waals surface area (Å²) in [6.07, 6.45) is 0.590. The summed E-state index contributed by atoms with van der Waals surface area (Å²) in [6, 6.07) is 4.59. The standard InChI is InChI=1S/C14H15NO5/c1-2-8-3-4-9(13(17)18)5-11(8)15-7-10(14(19)20)6-12(15)16/h3-5,10H,2,6-7H2,1H3,(H,17,18)(H,19,20). The van der Waals surface area contributed by atoms with Crippen LogP contribution in [-0.4, -0.2) is 34.6 Å². The van der Waals surface area contributed by atoms with Crippen LogP contribution in [0.15, 0.2) is 18.2 Å². The van der Waals surface area contributed by atoms with E-state index in [-0.39, 0.29) is 24.4 Å². The first-order valence-electron chi connectivity index (χ1n) is 6.33. The number of aromatic carboxylic acids is 1. The van der Waals surface area contributed by atoms with Crippen LogP contribution in [0.2, 0.25) is 0 Å². The second-order valence-corrected chi connectivity index (χ2v) is 4.75. The number of rotatable bonds is 4. The van der Waals surface area contributed by atoms with Gasteiger partial charge in [0.2, 0.25) is 5.91 Å². The summed E-state index contributed by atoms with van der Waals surface area (Å²) in [5, 5.41) is 18.0. The van der Waals surface area contributed by atoms with Gasteiger partial charge in [0.1, 0.15) is 0 Å². The van der Waals surface area contributed by atoms with Crippen LogP contribution in [0, 0.1) is 5.92 Å². The molecule has 0 saturated carbocycles. The number of aryl methyl sites for hydroxylation is 1. The molecule has 1 aromatic carbocycles. The van der Waals surface area contributed by atoms with Crippen LogP contribution in [0.5, 0.6) is 0 Å². The zero-order chi connectivity index (χ0) is 14.9. The fraction of sp³-hybridized carbons (Fsp3) is 0.357. The van der Waals surface area contributed by atoms with Crippen LogP contribution in [0.4, 0.5) is 5.69 Å². The van der Waals surface area contributed by atoms with Gasteiger partial charge in [-0.2, -0.15) is 0 Å². The molecule has 0 aromatic heterocycles. The Morgan fingerprint density at radius 1 is 1.35 bits per heavy atom. The third-order valence-electron chi connectivity index (χ3n) is 3.48. The molecule has 0 aliphatic carbocycles. The Morgan fingerprint density at radius 2 is 2.05 bits per heavy atom. The summed E-state index contributed by atoms with van der Waals surface area (Å²) in [5.41, 5.74) is 1.42. The van der Waals surface area contributed by atoms with Crippen LogP contribution in [0.1, 0.15) is 29.3 Å². The molecule has 0 bridgehead atoms. The summed E-state index contributed by atoms with van der Waals surface area (Å²) in [4.78, 5) is 35.3. The van der Waals surface area contributed by atoms with E-state index in [2.05, 4.69) is 0 Å². The third-order valence-corrected chi connectivity index (χ3v) is 3.48. The molecule has 6 heteroatoms. The minimum Gasteiger partial charge on any atom is -0.481 e. The number of benzene rings is 1. The van der Waals surface area contributed by atoms with E-state index in [0.29, 0.717) is 12.1 Å². The predicted octanol–water partition coefficient (Wildman–Crippen LogP) is 1.38. The lowest BCUT2D eigenvalue weighted by Crippen LogP contribution is -2.27. The van der Waals surface area contributed by atoms with Crippen LogP contribution in [-0.2, 0) is 16.0 Å². The second kappa shape index (κ2) is 5.32. The van der Waals surface area contributed by atoms with Gasteiger partial charge in [-0.1, -0.05) is 13.0 Å². The van der Waals surface area contributed by atoms with Gasteiger partial charge in [0.25, 0.3) is 0 Å². The zero-order valence-corrected chi connectivity index (χ0v) is 11.0. The van der Waals surface area contributed by atoms with E-state index in [1.54, 1.807) is 6.07 Å². The van der Waals surface area contributed by atoms with Gasteiger partial charge in [0, 0.05) is 18.7 Å². The number of hydrogen-bond donors (Lipinski definition) is 2. The monoisotopic (exact) mass is 277 g/mol. The molecule has 2 N–H and O–H groups in total. The van der Waals surface area contributed by atoms with Crippen molar-refractivity contribution in [3.8, 4) is 0 Å². The molecule has 1 fully saturated rings.